The van der Waals surface area contributed by atoms with Crippen LogP contribution in [0.5, 0.6) is 0 Å². The summed E-state index contributed by atoms with van der Waals surface area (Å²) in [4.78, 5) is 34.6. The van der Waals surface area contributed by atoms with Gasteiger partial charge in [0, 0.05) is 46.7 Å². The van der Waals surface area contributed by atoms with Gasteiger partial charge in [-0.05, 0) is 83.6 Å². The average molecular weight is 576 g/mol. The van der Waals surface area contributed by atoms with Crippen molar-refractivity contribution in [2.24, 2.45) is 9.98 Å². The third-order valence-electron chi connectivity index (χ3n) is 6.55. The van der Waals surface area contributed by atoms with Crippen molar-refractivity contribution in [3.63, 3.8) is 0 Å². The van der Waals surface area contributed by atoms with Crippen LogP contribution in [-0.4, -0.2) is 49.7 Å². The fraction of sp³-hybridized carbons (Fsp3) is 0.133. The molecule has 0 saturated heterocycles. The molecule has 0 aliphatic carbocycles. The van der Waals surface area contributed by atoms with Crippen molar-refractivity contribution in [2.45, 2.75) is 0 Å². The lowest BCUT2D eigenvalue weighted by atomic mass is 10.0. The first-order valence-corrected chi connectivity index (χ1v) is 12.6. The van der Waals surface area contributed by atoms with Crippen LogP contribution in [-0.2, 0) is 0 Å². The Morgan fingerprint density at radius 3 is 1.32 bits per heavy atom. The van der Waals surface area contributed by atoms with Crippen molar-refractivity contribution in [3.05, 3.63) is 107 Å². The van der Waals surface area contributed by atoms with E-state index in [4.69, 9.17) is 0 Å². The predicted octanol–water partition coefficient (Wildman–Crippen LogP) is 4.89. The summed E-state index contributed by atoms with van der Waals surface area (Å²) in [5, 5.41) is 14.1. The van der Waals surface area contributed by atoms with E-state index < -0.39 is 0 Å². The Kier molecular flexibility index (Phi) is 9.04. The van der Waals surface area contributed by atoms with Crippen LogP contribution < -0.4 is 21.3 Å². The maximum absolute atomic E-state index is 12.9. The van der Waals surface area contributed by atoms with Crippen LogP contribution >= 0.6 is 24.8 Å². The second-order valence-electron chi connectivity index (χ2n) is 9.15. The van der Waals surface area contributed by atoms with E-state index in [1.54, 1.807) is 12.1 Å². The molecule has 0 spiro atoms. The molecule has 4 N–H and O–H groups in total. The summed E-state index contributed by atoms with van der Waals surface area (Å²) >= 11 is 0. The number of hydrogen-bond donors (Lipinski definition) is 4. The van der Waals surface area contributed by atoms with Gasteiger partial charge in [-0.15, -0.1) is 24.8 Å². The minimum Gasteiger partial charge on any atom is -0.368 e. The number of anilines is 2. The van der Waals surface area contributed by atoms with Crippen LogP contribution in [0.15, 0.2) is 94.9 Å². The lowest BCUT2D eigenvalue weighted by Gasteiger charge is -2.10. The molecule has 2 aliphatic heterocycles. The number of hydrogen-bond acceptors (Lipinski definition) is 6. The van der Waals surface area contributed by atoms with E-state index in [0.29, 0.717) is 22.5 Å². The smallest absolute Gasteiger partial charge is 0.255 e. The molecule has 0 saturated carbocycles. The summed E-state index contributed by atoms with van der Waals surface area (Å²) in [6.45, 7) is 3.27. The largest absolute Gasteiger partial charge is 0.368 e. The van der Waals surface area contributed by atoms with Gasteiger partial charge in [0.1, 0.15) is 11.7 Å². The van der Waals surface area contributed by atoms with Gasteiger partial charge < -0.3 is 21.3 Å². The lowest BCUT2D eigenvalue weighted by molar-refractivity contribution is 0.101. The highest BCUT2D eigenvalue weighted by atomic mass is 35.5. The number of amides is 2. The van der Waals surface area contributed by atoms with Gasteiger partial charge >= 0.3 is 0 Å². The molecule has 2 aliphatic rings. The standard InChI is InChI=1S/C30H26N6O2.2ClH/c37-29(35-25-9-5-19(6-10-25)27-31-13-14-32-27)23-3-1-21-17-24(4-2-22(21)18-23)30(38)36-26-11-7-20(8-12-26)28-33-15-16-34-28;;/h1-12,17-18H,13-16H2,(H,31,32)(H,33,34)(H,35,37)(H,36,38);2*1H. The number of nitrogens with one attached hydrogen (secondary N) is 4. The first-order valence-electron chi connectivity index (χ1n) is 12.6. The first kappa shape index (κ1) is 28.6. The molecule has 4 aromatic carbocycles. The number of aliphatic imine (C=N–C) groups is 2. The van der Waals surface area contributed by atoms with E-state index in [-0.39, 0.29) is 36.6 Å². The molecule has 2 heterocycles. The van der Waals surface area contributed by atoms with Crippen LogP contribution in [0, 0.1) is 0 Å². The van der Waals surface area contributed by atoms with Gasteiger partial charge in [-0.2, -0.15) is 0 Å². The maximum atomic E-state index is 12.9. The van der Waals surface area contributed by atoms with Gasteiger partial charge in [0.05, 0.1) is 13.1 Å². The van der Waals surface area contributed by atoms with Crippen LogP contribution in [0.1, 0.15) is 31.8 Å². The minimum absolute atomic E-state index is 0. The number of fused-ring (bicyclic) bond motifs is 1. The Balaban J connectivity index is 0.00000185. The topological polar surface area (TPSA) is 107 Å². The zero-order valence-electron chi connectivity index (χ0n) is 21.4. The van der Waals surface area contributed by atoms with E-state index in [1.807, 2.05) is 72.8 Å². The van der Waals surface area contributed by atoms with Gasteiger partial charge in [0.15, 0.2) is 0 Å². The molecule has 4 aromatic rings. The van der Waals surface area contributed by atoms with E-state index in [2.05, 4.69) is 31.3 Å². The van der Waals surface area contributed by atoms with Crippen molar-refractivity contribution in [3.8, 4) is 0 Å². The fourth-order valence-corrected chi connectivity index (χ4v) is 4.54. The second kappa shape index (κ2) is 12.6. The van der Waals surface area contributed by atoms with Crippen LogP contribution in [0.25, 0.3) is 10.8 Å². The summed E-state index contributed by atoms with van der Waals surface area (Å²) < 4.78 is 0. The quantitative estimate of drug-likeness (QED) is 0.263. The molecule has 6 rings (SSSR count). The molecule has 0 atom stereocenters. The number of rotatable bonds is 6. The Morgan fingerprint density at radius 1 is 0.575 bits per heavy atom. The Bertz CT molecular complexity index is 1480. The van der Waals surface area contributed by atoms with Crippen LogP contribution in [0.3, 0.4) is 0 Å². The molecule has 2 amide bonds. The highest BCUT2D eigenvalue weighted by Crippen LogP contribution is 2.21. The lowest BCUT2D eigenvalue weighted by Crippen LogP contribution is -2.19. The summed E-state index contributed by atoms with van der Waals surface area (Å²) in [7, 11) is 0. The molecule has 0 unspecified atom stereocenters. The van der Waals surface area contributed by atoms with Gasteiger partial charge in [-0.3, -0.25) is 19.6 Å². The van der Waals surface area contributed by atoms with Gasteiger partial charge in [0.25, 0.3) is 11.8 Å². The summed E-state index contributed by atoms with van der Waals surface area (Å²) in [5.74, 6) is 1.38. The molecule has 40 heavy (non-hydrogen) atoms. The molecule has 10 heteroatoms. The van der Waals surface area contributed by atoms with Crippen molar-refractivity contribution in [1.82, 2.24) is 10.6 Å². The van der Waals surface area contributed by atoms with E-state index in [1.165, 1.54) is 0 Å². The highest BCUT2D eigenvalue weighted by Gasteiger charge is 2.13. The molecule has 0 aromatic heterocycles. The average Bonchev–Trinajstić information content (AvgIpc) is 3.69. The van der Waals surface area contributed by atoms with Crippen molar-refractivity contribution in [2.75, 3.05) is 36.8 Å². The first-order chi connectivity index (χ1) is 18.6. The number of halogens is 2. The van der Waals surface area contributed by atoms with Gasteiger partial charge in [0.2, 0.25) is 0 Å². The third kappa shape index (κ3) is 6.25. The minimum atomic E-state index is -0.194. The SMILES string of the molecule is Cl.Cl.O=C(Nc1ccc(C2=NCCN2)cc1)c1ccc2cc(C(=O)Nc3ccc(C4=NCCN4)cc3)ccc2c1. The molecule has 8 nitrogen and oxygen atoms in total. The van der Waals surface area contributed by atoms with E-state index >= 15 is 0 Å². The molecule has 0 fully saturated rings. The Morgan fingerprint density at radius 2 is 0.975 bits per heavy atom. The maximum Gasteiger partial charge on any atom is 0.255 e. The van der Waals surface area contributed by atoms with Crippen molar-refractivity contribution >= 4 is 70.4 Å². The molecular weight excluding hydrogens is 547 g/mol. The monoisotopic (exact) mass is 574 g/mol. The Labute approximate surface area is 244 Å². The molecule has 0 bridgehead atoms. The van der Waals surface area contributed by atoms with Crippen molar-refractivity contribution < 1.29 is 9.59 Å². The van der Waals surface area contributed by atoms with Crippen molar-refractivity contribution in [1.29, 1.82) is 0 Å². The third-order valence-corrected chi connectivity index (χ3v) is 6.55. The normalized spacial score (nSPS) is 13.6. The number of nitrogens with zero attached hydrogens (tertiary/aromatic N) is 2. The fourth-order valence-electron chi connectivity index (χ4n) is 4.54. The predicted molar refractivity (Wildman–Crippen MR) is 166 cm³/mol. The second-order valence-corrected chi connectivity index (χ2v) is 9.15. The van der Waals surface area contributed by atoms with Crippen LogP contribution in [0.4, 0.5) is 11.4 Å². The zero-order valence-corrected chi connectivity index (χ0v) is 23.1. The van der Waals surface area contributed by atoms with E-state index in [9.17, 15) is 9.59 Å². The summed E-state index contributed by atoms with van der Waals surface area (Å²) in [6.07, 6.45) is 0. The van der Waals surface area contributed by atoms with Crippen LogP contribution in [0.2, 0.25) is 0 Å². The number of carbonyl (C=O) groups is 2. The Hall–Kier alpha value is -4.40. The molecule has 204 valence electrons. The summed E-state index contributed by atoms with van der Waals surface area (Å²) in [5.41, 5.74) is 4.51. The van der Waals surface area contributed by atoms with Gasteiger partial charge in [-0.1, -0.05) is 12.1 Å². The zero-order chi connectivity index (χ0) is 25.9. The van der Waals surface area contributed by atoms with E-state index in [0.717, 1.165) is 59.7 Å². The summed E-state index contributed by atoms with van der Waals surface area (Å²) in [6, 6.07) is 26.2. The number of amidine groups is 2. The molecule has 0 radical (unpaired) electrons. The number of benzene rings is 4. The number of carbonyl (C=O) groups excluding carboxylic acids is 2. The highest BCUT2D eigenvalue weighted by molar-refractivity contribution is 6.09. The molecular formula is C30H28Cl2N6O2. The van der Waals surface area contributed by atoms with Gasteiger partial charge in [-0.25, -0.2) is 0 Å².